The Morgan fingerprint density at radius 1 is 1.33 bits per heavy atom. The fourth-order valence-electron chi connectivity index (χ4n) is 2.35. The van der Waals surface area contributed by atoms with Crippen LogP contribution >= 0.6 is 0 Å². The Hall–Kier alpha value is -2.50. The molecule has 0 aliphatic carbocycles. The Morgan fingerprint density at radius 2 is 2.14 bits per heavy atom. The van der Waals surface area contributed by atoms with Crippen molar-refractivity contribution in [3.8, 4) is 0 Å². The highest BCUT2D eigenvalue weighted by Gasteiger charge is 2.33. The molecule has 2 amide bonds. The van der Waals surface area contributed by atoms with Crippen molar-refractivity contribution in [2.75, 3.05) is 18.5 Å². The molecule has 0 bridgehead atoms. The molecule has 6 heteroatoms. The highest BCUT2D eigenvalue weighted by atomic mass is 16.6. The van der Waals surface area contributed by atoms with Crippen molar-refractivity contribution in [1.29, 1.82) is 0 Å². The number of nitrogens with one attached hydrogen (secondary N) is 1. The van der Waals surface area contributed by atoms with Gasteiger partial charge in [-0.05, 0) is 18.6 Å². The van der Waals surface area contributed by atoms with Crippen LogP contribution in [0.4, 0.5) is 5.69 Å². The van der Waals surface area contributed by atoms with Crippen molar-refractivity contribution in [2.45, 2.75) is 19.5 Å². The number of carbonyl (C=O) groups is 2. The first kappa shape index (κ1) is 13.5. The smallest absolute Gasteiger partial charge is 0.293 e. The third kappa shape index (κ3) is 2.56. The molecule has 0 fully saturated rings. The standard InChI is InChI=1S/C15H16N2O4/c1-10-14(18)16-12-5-3-2-4-11(12)8-17(10)15(19)13-9-20-6-7-21-13/h2-5,9-10H,6-8H2,1H3,(H,16,18). The maximum atomic E-state index is 12.5. The largest absolute Gasteiger partial charge is 0.494 e. The number of anilines is 1. The fraction of sp³-hybridized carbons (Fsp3) is 0.333. The topological polar surface area (TPSA) is 67.9 Å². The molecular weight excluding hydrogens is 272 g/mol. The lowest BCUT2D eigenvalue weighted by molar-refractivity contribution is -0.139. The van der Waals surface area contributed by atoms with Crippen LogP contribution in [0.5, 0.6) is 0 Å². The molecule has 0 spiro atoms. The number of para-hydroxylation sites is 1. The third-order valence-electron chi connectivity index (χ3n) is 3.58. The van der Waals surface area contributed by atoms with Gasteiger partial charge in [-0.25, -0.2) is 0 Å². The van der Waals surface area contributed by atoms with Crippen LogP contribution in [0.1, 0.15) is 12.5 Å². The minimum absolute atomic E-state index is 0.139. The van der Waals surface area contributed by atoms with E-state index in [1.165, 1.54) is 11.2 Å². The first-order valence-corrected chi connectivity index (χ1v) is 6.81. The van der Waals surface area contributed by atoms with Gasteiger partial charge >= 0.3 is 0 Å². The monoisotopic (exact) mass is 288 g/mol. The van der Waals surface area contributed by atoms with Gasteiger partial charge in [0.15, 0.2) is 0 Å². The first-order valence-electron chi connectivity index (χ1n) is 6.81. The number of amides is 2. The van der Waals surface area contributed by atoms with Gasteiger partial charge in [-0.3, -0.25) is 9.59 Å². The number of nitrogens with zero attached hydrogens (tertiary/aromatic N) is 1. The van der Waals surface area contributed by atoms with E-state index in [1.807, 2.05) is 24.3 Å². The second-order valence-corrected chi connectivity index (χ2v) is 4.96. The zero-order valence-electron chi connectivity index (χ0n) is 11.7. The molecule has 1 N–H and O–H groups in total. The summed E-state index contributed by atoms with van der Waals surface area (Å²) in [6.45, 7) is 2.80. The Bertz CT molecular complexity index is 611. The van der Waals surface area contributed by atoms with Crippen LogP contribution in [0.15, 0.2) is 36.3 Å². The number of ether oxygens (including phenoxy) is 2. The summed E-state index contributed by atoms with van der Waals surface area (Å²) >= 11 is 0. The Balaban J connectivity index is 1.91. The van der Waals surface area contributed by atoms with Crippen LogP contribution in [0, 0.1) is 0 Å². The van der Waals surface area contributed by atoms with Gasteiger partial charge in [0.05, 0.1) is 0 Å². The Kier molecular flexibility index (Phi) is 3.51. The minimum atomic E-state index is -0.587. The molecule has 3 rings (SSSR count). The molecule has 110 valence electrons. The fourth-order valence-corrected chi connectivity index (χ4v) is 2.35. The summed E-state index contributed by atoms with van der Waals surface area (Å²) in [6, 6.07) is 6.86. The highest BCUT2D eigenvalue weighted by molar-refractivity contribution is 6.01. The predicted molar refractivity (Wildman–Crippen MR) is 75.1 cm³/mol. The number of hydrogen-bond donors (Lipinski definition) is 1. The molecule has 2 aliphatic rings. The summed E-state index contributed by atoms with van der Waals surface area (Å²) in [5.74, 6) is -0.417. The highest BCUT2D eigenvalue weighted by Crippen LogP contribution is 2.24. The molecule has 0 saturated carbocycles. The zero-order chi connectivity index (χ0) is 14.8. The van der Waals surface area contributed by atoms with Crippen molar-refractivity contribution >= 4 is 17.5 Å². The maximum Gasteiger partial charge on any atom is 0.293 e. The average Bonchev–Trinajstić information content (AvgIpc) is 2.65. The molecular formula is C15H16N2O4. The van der Waals surface area contributed by atoms with Gasteiger partial charge < -0.3 is 19.7 Å². The van der Waals surface area contributed by atoms with Crippen molar-refractivity contribution in [1.82, 2.24) is 4.90 Å². The van der Waals surface area contributed by atoms with Gasteiger partial charge in [-0.2, -0.15) is 0 Å². The predicted octanol–water partition coefficient (Wildman–Crippen LogP) is 1.24. The van der Waals surface area contributed by atoms with Gasteiger partial charge in [-0.1, -0.05) is 18.2 Å². The van der Waals surface area contributed by atoms with Crippen molar-refractivity contribution in [3.05, 3.63) is 41.9 Å². The number of hydrogen-bond acceptors (Lipinski definition) is 4. The lowest BCUT2D eigenvalue weighted by Gasteiger charge is -2.27. The van der Waals surface area contributed by atoms with Crippen molar-refractivity contribution in [2.24, 2.45) is 0 Å². The maximum absolute atomic E-state index is 12.5. The minimum Gasteiger partial charge on any atom is -0.494 e. The summed E-state index contributed by atoms with van der Waals surface area (Å²) in [7, 11) is 0. The molecule has 6 nitrogen and oxygen atoms in total. The molecule has 21 heavy (non-hydrogen) atoms. The van der Waals surface area contributed by atoms with Gasteiger partial charge in [-0.15, -0.1) is 0 Å². The van der Waals surface area contributed by atoms with Crippen LogP contribution in [-0.4, -0.2) is 36.0 Å². The van der Waals surface area contributed by atoms with E-state index in [0.29, 0.717) is 19.8 Å². The lowest BCUT2D eigenvalue weighted by Crippen LogP contribution is -2.44. The molecule has 0 radical (unpaired) electrons. The lowest BCUT2D eigenvalue weighted by atomic mass is 10.1. The van der Waals surface area contributed by atoms with E-state index in [9.17, 15) is 9.59 Å². The van der Waals surface area contributed by atoms with Gasteiger partial charge in [0.25, 0.3) is 5.91 Å². The summed E-state index contributed by atoms with van der Waals surface area (Å²) in [6.07, 6.45) is 1.31. The van der Waals surface area contributed by atoms with E-state index in [1.54, 1.807) is 6.92 Å². The first-order chi connectivity index (χ1) is 10.2. The van der Waals surface area contributed by atoms with E-state index in [-0.39, 0.29) is 17.6 Å². The van der Waals surface area contributed by atoms with Crippen LogP contribution in [-0.2, 0) is 25.6 Å². The number of carbonyl (C=O) groups excluding carboxylic acids is 2. The van der Waals surface area contributed by atoms with E-state index in [2.05, 4.69) is 5.32 Å². The van der Waals surface area contributed by atoms with Crippen LogP contribution < -0.4 is 5.32 Å². The van der Waals surface area contributed by atoms with Crippen LogP contribution in [0.2, 0.25) is 0 Å². The third-order valence-corrected chi connectivity index (χ3v) is 3.58. The summed E-state index contributed by atoms with van der Waals surface area (Å²) < 4.78 is 10.4. The quantitative estimate of drug-likeness (QED) is 0.844. The number of fused-ring (bicyclic) bond motifs is 1. The number of rotatable bonds is 1. The average molecular weight is 288 g/mol. The summed E-state index contributed by atoms with van der Waals surface area (Å²) in [5.41, 5.74) is 1.63. The van der Waals surface area contributed by atoms with Crippen LogP contribution in [0.3, 0.4) is 0 Å². The van der Waals surface area contributed by atoms with Crippen LogP contribution in [0.25, 0.3) is 0 Å². The normalized spacial score (nSPS) is 21.2. The van der Waals surface area contributed by atoms with E-state index >= 15 is 0 Å². The second-order valence-electron chi connectivity index (χ2n) is 4.96. The Labute approximate surface area is 122 Å². The summed E-state index contributed by atoms with van der Waals surface area (Å²) in [5, 5.41) is 2.84. The van der Waals surface area contributed by atoms with Gasteiger partial charge in [0.2, 0.25) is 11.7 Å². The van der Waals surface area contributed by atoms with E-state index in [4.69, 9.17) is 9.47 Å². The van der Waals surface area contributed by atoms with Crippen molar-refractivity contribution in [3.63, 3.8) is 0 Å². The summed E-state index contributed by atoms with van der Waals surface area (Å²) in [4.78, 5) is 26.2. The molecule has 1 aromatic carbocycles. The van der Waals surface area contributed by atoms with Gasteiger partial charge in [0, 0.05) is 12.2 Å². The molecule has 1 atom stereocenters. The molecule has 1 unspecified atom stereocenters. The SMILES string of the molecule is CC1C(=O)Nc2ccccc2CN1C(=O)C1=COCCO1. The van der Waals surface area contributed by atoms with Crippen molar-refractivity contribution < 1.29 is 19.1 Å². The van der Waals surface area contributed by atoms with E-state index < -0.39 is 6.04 Å². The molecule has 0 aromatic heterocycles. The molecule has 1 aromatic rings. The van der Waals surface area contributed by atoms with Gasteiger partial charge in [0.1, 0.15) is 25.5 Å². The molecule has 0 saturated heterocycles. The zero-order valence-corrected chi connectivity index (χ0v) is 11.7. The number of benzene rings is 1. The second kappa shape index (κ2) is 5.47. The molecule has 2 aliphatic heterocycles. The molecule has 2 heterocycles. The van der Waals surface area contributed by atoms with E-state index in [0.717, 1.165) is 11.3 Å². The Morgan fingerprint density at radius 3 is 2.90 bits per heavy atom.